The summed E-state index contributed by atoms with van der Waals surface area (Å²) in [6, 6.07) is 0.453. The maximum absolute atomic E-state index is 11.9. The molecule has 2 fully saturated rings. The summed E-state index contributed by atoms with van der Waals surface area (Å²) in [6.07, 6.45) is 9.88. The Morgan fingerprint density at radius 1 is 1.24 bits per heavy atom. The smallest absolute Gasteiger partial charge is 0.225 e. The van der Waals surface area contributed by atoms with E-state index in [0.717, 1.165) is 49.2 Å². The van der Waals surface area contributed by atoms with Crippen molar-refractivity contribution in [2.75, 3.05) is 18.0 Å². The summed E-state index contributed by atoms with van der Waals surface area (Å²) in [6.45, 7) is 1.87. The number of halogens is 1. The molecule has 0 unspecified atom stereocenters. The van der Waals surface area contributed by atoms with E-state index in [-0.39, 0.29) is 5.91 Å². The molecule has 2 heterocycles. The molecule has 3 rings (SSSR count). The van der Waals surface area contributed by atoms with Gasteiger partial charge in [-0.15, -0.1) is 0 Å². The van der Waals surface area contributed by atoms with Crippen LogP contribution in [-0.4, -0.2) is 35.0 Å². The summed E-state index contributed by atoms with van der Waals surface area (Å²) in [5.74, 6) is 1.52. The number of nitrogens with one attached hydrogen (secondary N) is 1. The lowest BCUT2D eigenvalue weighted by Gasteiger charge is -2.32. The highest BCUT2D eigenvalue weighted by Gasteiger charge is 2.25. The van der Waals surface area contributed by atoms with Gasteiger partial charge in [0.05, 0.1) is 4.47 Å². The van der Waals surface area contributed by atoms with Gasteiger partial charge in [-0.2, -0.15) is 0 Å². The van der Waals surface area contributed by atoms with Crippen molar-refractivity contribution >= 4 is 27.8 Å². The van der Waals surface area contributed by atoms with Gasteiger partial charge in [0.1, 0.15) is 0 Å². The number of hydrogen-bond acceptors (Lipinski definition) is 4. The monoisotopic (exact) mass is 352 g/mol. The van der Waals surface area contributed by atoms with Gasteiger partial charge in [0.2, 0.25) is 11.9 Å². The van der Waals surface area contributed by atoms with Crippen molar-refractivity contribution in [3.8, 4) is 0 Å². The Bertz CT molecular complexity index is 481. The summed E-state index contributed by atoms with van der Waals surface area (Å²) >= 11 is 3.35. The Kier molecular flexibility index (Phi) is 4.73. The molecule has 6 heteroatoms. The van der Waals surface area contributed by atoms with E-state index in [2.05, 4.69) is 36.1 Å². The van der Waals surface area contributed by atoms with Crippen LogP contribution in [0.25, 0.3) is 0 Å². The molecule has 1 aromatic rings. The number of nitrogens with zero attached hydrogens (tertiary/aromatic N) is 3. The molecule has 1 saturated carbocycles. The first-order chi connectivity index (χ1) is 10.2. The van der Waals surface area contributed by atoms with Crippen LogP contribution in [0.15, 0.2) is 16.9 Å². The molecule has 1 N–H and O–H groups in total. The van der Waals surface area contributed by atoms with Crippen molar-refractivity contribution in [2.24, 2.45) is 5.92 Å². The van der Waals surface area contributed by atoms with E-state index in [0.29, 0.717) is 18.4 Å². The van der Waals surface area contributed by atoms with Crippen molar-refractivity contribution < 1.29 is 4.79 Å². The molecule has 2 aliphatic rings. The Morgan fingerprint density at radius 3 is 2.48 bits per heavy atom. The number of rotatable bonds is 4. The van der Waals surface area contributed by atoms with Crippen molar-refractivity contribution in [3.63, 3.8) is 0 Å². The number of carbonyl (C=O) groups excluding carboxylic acids is 1. The fraction of sp³-hybridized carbons (Fsp3) is 0.667. The SMILES string of the molecule is O=C(CC1CCN(c2ncc(Br)cn2)CC1)NC1CCC1. The molecule has 0 aromatic carbocycles. The minimum Gasteiger partial charge on any atom is -0.353 e. The van der Waals surface area contributed by atoms with E-state index in [1.807, 2.05) is 0 Å². The lowest BCUT2D eigenvalue weighted by atomic mass is 9.91. The van der Waals surface area contributed by atoms with Crippen LogP contribution in [0.1, 0.15) is 38.5 Å². The van der Waals surface area contributed by atoms with E-state index >= 15 is 0 Å². The number of carbonyl (C=O) groups is 1. The molecule has 114 valence electrons. The van der Waals surface area contributed by atoms with Gasteiger partial charge in [0.15, 0.2) is 0 Å². The maximum atomic E-state index is 11.9. The molecule has 1 amide bonds. The molecular weight excluding hydrogens is 332 g/mol. The van der Waals surface area contributed by atoms with Crippen LogP contribution in [0.2, 0.25) is 0 Å². The van der Waals surface area contributed by atoms with Crippen LogP contribution < -0.4 is 10.2 Å². The zero-order valence-corrected chi connectivity index (χ0v) is 13.7. The zero-order valence-electron chi connectivity index (χ0n) is 12.1. The summed E-state index contributed by atoms with van der Waals surface area (Å²) in [5, 5.41) is 3.13. The number of amides is 1. The Labute approximate surface area is 133 Å². The lowest BCUT2D eigenvalue weighted by molar-refractivity contribution is -0.123. The van der Waals surface area contributed by atoms with Gasteiger partial charge in [-0.25, -0.2) is 9.97 Å². The number of anilines is 1. The number of hydrogen-bond donors (Lipinski definition) is 1. The van der Waals surface area contributed by atoms with Gasteiger partial charge in [-0.3, -0.25) is 4.79 Å². The average Bonchev–Trinajstić information content (AvgIpc) is 2.45. The number of piperidine rings is 1. The lowest BCUT2D eigenvalue weighted by Crippen LogP contribution is -2.41. The molecule has 1 aliphatic carbocycles. The minimum atomic E-state index is 0.234. The van der Waals surface area contributed by atoms with Gasteiger partial charge >= 0.3 is 0 Å². The fourth-order valence-corrected chi connectivity index (χ4v) is 3.11. The summed E-state index contributed by atoms with van der Waals surface area (Å²) in [5.41, 5.74) is 0. The van der Waals surface area contributed by atoms with Crippen molar-refractivity contribution in [1.82, 2.24) is 15.3 Å². The molecule has 5 nitrogen and oxygen atoms in total. The molecule has 0 spiro atoms. The third-order valence-corrected chi connectivity index (χ3v) is 4.86. The second kappa shape index (κ2) is 6.73. The normalized spacial score (nSPS) is 20.1. The first-order valence-corrected chi connectivity index (χ1v) is 8.52. The Morgan fingerprint density at radius 2 is 1.90 bits per heavy atom. The Balaban J connectivity index is 1.44. The highest BCUT2D eigenvalue weighted by molar-refractivity contribution is 9.10. The van der Waals surface area contributed by atoms with Crippen LogP contribution >= 0.6 is 15.9 Å². The third-order valence-electron chi connectivity index (χ3n) is 4.45. The second-order valence-electron chi connectivity index (χ2n) is 6.03. The van der Waals surface area contributed by atoms with Gasteiger partial charge in [0, 0.05) is 37.9 Å². The largest absolute Gasteiger partial charge is 0.353 e. The van der Waals surface area contributed by atoms with Gasteiger partial charge in [-0.05, 0) is 54.0 Å². The van der Waals surface area contributed by atoms with E-state index in [9.17, 15) is 4.79 Å². The van der Waals surface area contributed by atoms with Crippen LogP contribution in [0, 0.1) is 5.92 Å². The first kappa shape index (κ1) is 14.8. The molecule has 1 aromatic heterocycles. The highest BCUT2D eigenvalue weighted by atomic mass is 79.9. The van der Waals surface area contributed by atoms with E-state index in [1.54, 1.807) is 12.4 Å². The average molecular weight is 353 g/mol. The zero-order chi connectivity index (χ0) is 14.7. The highest BCUT2D eigenvalue weighted by Crippen LogP contribution is 2.24. The van der Waals surface area contributed by atoms with Gasteiger partial charge in [-0.1, -0.05) is 0 Å². The molecule has 0 radical (unpaired) electrons. The fourth-order valence-electron chi connectivity index (χ4n) is 2.91. The summed E-state index contributed by atoms with van der Waals surface area (Å²) < 4.78 is 0.897. The standard InChI is InChI=1S/C15H21BrN4O/c16-12-9-17-15(18-10-12)20-6-4-11(5-7-20)8-14(21)19-13-2-1-3-13/h9-11,13H,1-8H2,(H,19,21). The quantitative estimate of drug-likeness (QED) is 0.904. The first-order valence-electron chi connectivity index (χ1n) is 7.72. The number of aromatic nitrogens is 2. The molecule has 1 saturated heterocycles. The second-order valence-corrected chi connectivity index (χ2v) is 6.95. The van der Waals surface area contributed by atoms with Gasteiger partial charge in [0.25, 0.3) is 0 Å². The topological polar surface area (TPSA) is 58.1 Å². The van der Waals surface area contributed by atoms with E-state index < -0.39 is 0 Å². The third kappa shape index (κ3) is 3.93. The summed E-state index contributed by atoms with van der Waals surface area (Å²) in [7, 11) is 0. The summed E-state index contributed by atoms with van der Waals surface area (Å²) in [4.78, 5) is 22.8. The van der Waals surface area contributed by atoms with Crippen molar-refractivity contribution in [2.45, 2.75) is 44.6 Å². The van der Waals surface area contributed by atoms with E-state index in [1.165, 1.54) is 6.42 Å². The van der Waals surface area contributed by atoms with E-state index in [4.69, 9.17) is 0 Å². The predicted molar refractivity (Wildman–Crippen MR) is 85.1 cm³/mol. The van der Waals surface area contributed by atoms with Crippen molar-refractivity contribution in [3.05, 3.63) is 16.9 Å². The van der Waals surface area contributed by atoms with Crippen LogP contribution in [-0.2, 0) is 4.79 Å². The van der Waals surface area contributed by atoms with Crippen LogP contribution in [0.3, 0.4) is 0 Å². The molecule has 1 aliphatic heterocycles. The van der Waals surface area contributed by atoms with Gasteiger partial charge < -0.3 is 10.2 Å². The molecule has 0 bridgehead atoms. The minimum absolute atomic E-state index is 0.234. The predicted octanol–water partition coefficient (Wildman–Crippen LogP) is 2.51. The molecule has 0 atom stereocenters. The van der Waals surface area contributed by atoms with Crippen LogP contribution in [0.4, 0.5) is 5.95 Å². The maximum Gasteiger partial charge on any atom is 0.225 e. The van der Waals surface area contributed by atoms with Crippen molar-refractivity contribution in [1.29, 1.82) is 0 Å². The Hall–Kier alpha value is -1.17. The van der Waals surface area contributed by atoms with Crippen LogP contribution in [0.5, 0.6) is 0 Å². The molecule has 21 heavy (non-hydrogen) atoms. The molecular formula is C15H21BrN4O.